The van der Waals surface area contributed by atoms with Gasteiger partial charge in [-0.25, -0.2) is 9.59 Å². The molecule has 0 N–H and O–H groups in total. The molecule has 112 valence electrons. The zero-order valence-corrected chi connectivity index (χ0v) is 12.0. The lowest BCUT2D eigenvalue weighted by Crippen LogP contribution is -2.44. The van der Waals surface area contributed by atoms with Gasteiger partial charge in [0, 0.05) is 7.11 Å². The third kappa shape index (κ3) is 2.22. The number of hydrogen-bond donors (Lipinski definition) is 0. The highest BCUT2D eigenvalue weighted by Crippen LogP contribution is 2.25. The molecule has 1 unspecified atom stereocenters. The number of esters is 1. The van der Waals surface area contributed by atoms with Crippen LogP contribution in [0.1, 0.15) is 10.4 Å². The summed E-state index contributed by atoms with van der Waals surface area (Å²) < 4.78 is 25.7. The average Bonchev–Trinajstić information content (AvgIpc) is 2.52. The van der Waals surface area contributed by atoms with Crippen LogP contribution in [0.25, 0.3) is 5.76 Å². The molecule has 21 heavy (non-hydrogen) atoms. The van der Waals surface area contributed by atoms with Gasteiger partial charge in [-0.1, -0.05) is 0 Å². The first-order valence-corrected chi connectivity index (χ1v) is 5.95. The van der Waals surface area contributed by atoms with E-state index >= 15 is 0 Å². The van der Waals surface area contributed by atoms with Gasteiger partial charge < -0.3 is 23.7 Å². The van der Waals surface area contributed by atoms with Gasteiger partial charge in [-0.15, -0.1) is 0 Å². The predicted molar refractivity (Wildman–Crippen MR) is 70.2 cm³/mol. The summed E-state index contributed by atoms with van der Waals surface area (Å²) in [6.45, 7) is 0. The normalized spacial score (nSPS) is 16.7. The molecular weight excluding hydrogens is 280 g/mol. The Balaban J connectivity index is 3.05. The topological polar surface area (TPSA) is 80.3 Å². The SMILES string of the molecule is COC1=c2c(cc(OC)c(OC)c2=C=O)C(=O)OC1OC. The van der Waals surface area contributed by atoms with Crippen molar-refractivity contribution in [2.24, 2.45) is 0 Å². The minimum atomic E-state index is -1.04. The van der Waals surface area contributed by atoms with Gasteiger partial charge in [0.05, 0.1) is 32.1 Å². The van der Waals surface area contributed by atoms with Crippen molar-refractivity contribution in [3.63, 3.8) is 0 Å². The van der Waals surface area contributed by atoms with E-state index < -0.39 is 12.3 Å². The van der Waals surface area contributed by atoms with Crippen molar-refractivity contribution in [3.8, 4) is 11.5 Å². The molecule has 0 saturated heterocycles. The minimum absolute atomic E-state index is 0.0161. The molecule has 0 aliphatic carbocycles. The van der Waals surface area contributed by atoms with Crippen LogP contribution in [0.4, 0.5) is 0 Å². The summed E-state index contributed by atoms with van der Waals surface area (Å²) >= 11 is 0. The summed E-state index contributed by atoms with van der Waals surface area (Å²) in [5.74, 6) is 1.67. The largest absolute Gasteiger partial charge is 0.494 e. The van der Waals surface area contributed by atoms with Gasteiger partial charge in [-0.05, 0) is 6.07 Å². The number of hydrogen-bond acceptors (Lipinski definition) is 7. The fraction of sp³-hybridized carbons (Fsp3) is 0.357. The van der Waals surface area contributed by atoms with Gasteiger partial charge in [-0.2, -0.15) is 0 Å². The second-order valence-corrected chi connectivity index (χ2v) is 4.05. The Morgan fingerprint density at radius 1 is 1.14 bits per heavy atom. The van der Waals surface area contributed by atoms with E-state index in [1.54, 1.807) is 5.94 Å². The molecule has 7 nitrogen and oxygen atoms in total. The Hall–Kier alpha value is -2.50. The number of rotatable bonds is 4. The predicted octanol–water partition coefficient (Wildman–Crippen LogP) is -0.895. The van der Waals surface area contributed by atoms with Gasteiger partial charge >= 0.3 is 5.97 Å². The van der Waals surface area contributed by atoms with Gasteiger partial charge in [0.1, 0.15) is 11.2 Å². The Kier molecular flexibility index (Phi) is 4.16. The lowest BCUT2D eigenvalue weighted by atomic mass is 10.1. The summed E-state index contributed by atoms with van der Waals surface area (Å²) in [5, 5.41) is 0.246. The number of ether oxygens (including phenoxy) is 5. The highest BCUT2D eigenvalue weighted by atomic mass is 16.7. The molecular formula is C14H14O7. The van der Waals surface area contributed by atoms with Crippen LogP contribution in [0, 0.1) is 0 Å². The zero-order chi connectivity index (χ0) is 15.6. The molecule has 0 spiro atoms. The molecule has 1 aromatic rings. The Labute approximate surface area is 120 Å². The molecule has 0 aromatic heterocycles. The molecule has 1 aliphatic rings. The highest BCUT2D eigenvalue weighted by Gasteiger charge is 2.32. The van der Waals surface area contributed by atoms with Crippen LogP contribution in [0.2, 0.25) is 0 Å². The van der Waals surface area contributed by atoms with Gasteiger partial charge in [0.15, 0.2) is 17.3 Å². The van der Waals surface area contributed by atoms with E-state index in [2.05, 4.69) is 0 Å². The summed E-state index contributed by atoms with van der Waals surface area (Å²) in [5.41, 5.74) is 0.121. The highest BCUT2D eigenvalue weighted by molar-refractivity contribution is 5.93. The molecule has 1 heterocycles. The standard InChI is InChI=1S/C14H14O7/c1-17-9-5-7-10(8(6-15)11(9)18-2)12(19-3)14(20-4)21-13(7)16/h5,14H,1-4H3. The van der Waals surface area contributed by atoms with Crippen molar-refractivity contribution in [1.82, 2.24) is 0 Å². The van der Waals surface area contributed by atoms with E-state index in [-0.39, 0.29) is 33.3 Å². The number of carbonyl (C=O) groups is 1. The molecule has 7 heteroatoms. The van der Waals surface area contributed by atoms with Crippen molar-refractivity contribution in [2.45, 2.75) is 6.29 Å². The summed E-state index contributed by atoms with van der Waals surface area (Å²) in [4.78, 5) is 23.4. The number of methoxy groups -OCH3 is 4. The third-order valence-electron chi connectivity index (χ3n) is 3.10. The van der Waals surface area contributed by atoms with Crippen molar-refractivity contribution >= 4 is 17.7 Å². The average molecular weight is 294 g/mol. The second kappa shape index (κ2) is 5.87. The van der Waals surface area contributed by atoms with Gasteiger partial charge in [0.2, 0.25) is 0 Å². The number of fused-ring (bicyclic) bond motifs is 1. The third-order valence-corrected chi connectivity index (χ3v) is 3.10. The van der Waals surface area contributed by atoms with Crippen LogP contribution < -0.4 is 19.9 Å². The molecule has 0 fully saturated rings. The van der Waals surface area contributed by atoms with Crippen molar-refractivity contribution in [2.75, 3.05) is 28.4 Å². The number of benzene rings is 1. The van der Waals surface area contributed by atoms with Crippen LogP contribution in [0.3, 0.4) is 0 Å². The van der Waals surface area contributed by atoms with Crippen LogP contribution in [-0.4, -0.2) is 46.6 Å². The van der Waals surface area contributed by atoms with E-state index in [1.165, 1.54) is 34.5 Å². The maximum atomic E-state index is 12.1. The van der Waals surface area contributed by atoms with Crippen molar-refractivity contribution < 1.29 is 33.3 Å². The van der Waals surface area contributed by atoms with Crippen LogP contribution in [0.15, 0.2) is 6.07 Å². The van der Waals surface area contributed by atoms with E-state index in [0.717, 1.165) is 0 Å². The maximum Gasteiger partial charge on any atom is 0.341 e. The van der Waals surface area contributed by atoms with Crippen LogP contribution in [-0.2, 0) is 19.0 Å². The van der Waals surface area contributed by atoms with Crippen molar-refractivity contribution in [1.29, 1.82) is 0 Å². The first kappa shape index (κ1) is 14.9. The fourth-order valence-corrected chi connectivity index (χ4v) is 2.19. The summed E-state index contributed by atoms with van der Waals surface area (Å²) in [6.07, 6.45) is -1.04. The van der Waals surface area contributed by atoms with E-state index in [9.17, 15) is 9.59 Å². The minimum Gasteiger partial charge on any atom is -0.494 e. The van der Waals surface area contributed by atoms with Crippen LogP contribution in [0.5, 0.6) is 11.5 Å². The number of cyclic esters (lactones) is 1. The smallest absolute Gasteiger partial charge is 0.341 e. The Morgan fingerprint density at radius 3 is 2.33 bits per heavy atom. The monoisotopic (exact) mass is 294 g/mol. The zero-order valence-electron chi connectivity index (χ0n) is 12.0. The lowest BCUT2D eigenvalue weighted by molar-refractivity contribution is -0.0714. The lowest BCUT2D eigenvalue weighted by Gasteiger charge is -2.24. The molecule has 2 rings (SSSR count). The first-order chi connectivity index (χ1) is 10.1. The fourth-order valence-electron chi connectivity index (χ4n) is 2.19. The molecule has 0 radical (unpaired) electrons. The van der Waals surface area contributed by atoms with E-state index in [1.807, 2.05) is 0 Å². The van der Waals surface area contributed by atoms with Crippen molar-refractivity contribution in [3.05, 3.63) is 22.1 Å². The molecule has 1 aromatic carbocycles. The van der Waals surface area contributed by atoms with E-state index in [0.29, 0.717) is 0 Å². The Bertz CT molecular complexity index is 716. The molecule has 0 amide bonds. The summed E-state index contributed by atoms with van der Waals surface area (Å²) in [7, 11) is 5.51. The summed E-state index contributed by atoms with van der Waals surface area (Å²) in [6, 6.07) is 1.42. The molecule has 1 atom stereocenters. The van der Waals surface area contributed by atoms with Gasteiger partial charge in [-0.3, -0.25) is 0 Å². The van der Waals surface area contributed by atoms with E-state index in [4.69, 9.17) is 23.7 Å². The second-order valence-electron chi connectivity index (χ2n) is 4.05. The Morgan fingerprint density at radius 2 is 1.86 bits per heavy atom. The van der Waals surface area contributed by atoms with Crippen LogP contribution >= 0.6 is 0 Å². The molecule has 0 saturated carbocycles. The van der Waals surface area contributed by atoms with Gasteiger partial charge in [0.25, 0.3) is 6.29 Å². The maximum absolute atomic E-state index is 12.1. The first-order valence-electron chi connectivity index (χ1n) is 5.95. The molecule has 1 aliphatic heterocycles. The number of carbonyl (C=O) groups excluding carboxylic acids is 2. The molecule has 0 bridgehead atoms. The quantitative estimate of drug-likeness (QED) is 0.666.